The maximum Gasteiger partial charge on any atom is 0.320 e. The minimum Gasteiger partial charge on any atom is -0.472 e. The summed E-state index contributed by atoms with van der Waals surface area (Å²) in [6.45, 7) is 0.752. The van der Waals surface area contributed by atoms with Gasteiger partial charge in [-0.25, -0.2) is 4.98 Å². The molecule has 0 amide bonds. The van der Waals surface area contributed by atoms with Crippen molar-refractivity contribution >= 4 is 11.0 Å². The highest BCUT2D eigenvalue weighted by Crippen LogP contribution is 2.30. The van der Waals surface area contributed by atoms with Crippen LogP contribution in [-0.2, 0) is 13.2 Å². The molecular weight excluding hydrogens is 400 g/mol. The lowest BCUT2D eigenvalue weighted by molar-refractivity contribution is 0.259. The van der Waals surface area contributed by atoms with Gasteiger partial charge in [-0.1, -0.05) is 60.7 Å². The summed E-state index contributed by atoms with van der Waals surface area (Å²) >= 11 is 0. The van der Waals surface area contributed by atoms with Gasteiger partial charge in [0.2, 0.25) is 5.88 Å². The first-order valence-electron chi connectivity index (χ1n) is 10.3. The van der Waals surface area contributed by atoms with E-state index in [1.165, 1.54) is 0 Å². The van der Waals surface area contributed by atoms with Crippen molar-refractivity contribution in [3.8, 4) is 23.0 Å². The summed E-state index contributed by atoms with van der Waals surface area (Å²) in [4.78, 5) is 17.9. The monoisotopic (exact) mass is 420 g/mol. The fourth-order valence-corrected chi connectivity index (χ4v) is 3.28. The van der Waals surface area contributed by atoms with Crippen molar-refractivity contribution in [1.29, 1.82) is 0 Å². The molecule has 5 rings (SSSR count). The molecule has 0 unspecified atom stereocenters. The van der Waals surface area contributed by atoms with E-state index in [-0.39, 0.29) is 6.01 Å². The van der Waals surface area contributed by atoms with Crippen LogP contribution in [0.25, 0.3) is 22.2 Å². The minimum absolute atomic E-state index is 0.257. The van der Waals surface area contributed by atoms with Gasteiger partial charge in [0.25, 0.3) is 0 Å². The van der Waals surface area contributed by atoms with Gasteiger partial charge in [0.05, 0.1) is 16.6 Å². The van der Waals surface area contributed by atoms with Crippen LogP contribution in [0.2, 0.25) is 0 Å². The van der Waals surface area contributed by atoms with Gasteiger partial charge in [0.15, 0.2) is 0 Å². The van der Waals surface area contributed by atoms with Crippen LogP contribution in [0.1, 0.15) is 11.1 Å². The van der Waals surface area contributed by atoms with E-state index in [2.05, 4.69) is 19.9 Å². The Hall–Kier alpha value is -4.32. The molecule has 32 heavy (non-hydrogen) atoms. The second-order valence-electron chi connectivity index (χ2n) is 7.19. The smallest absolute Gasteiger partial charge is 0.320 e. The van der Waals surface area contributed by atoms with E-state index in [0.29, 0.717) is 19.1 Å². The standard InChI is InChI=1S/C26H20N4O2/c1-3-8-19(9-4-1)17-31-25-22(21-14-24-23(28-15-21)12-7-13-27-24)16-29-26(30-25)32-18-20-10-5-2-6-11-20/h1-16H,17-18H2. The molecular formula is C26H20N4O2. The Kier molecular flexibility index (Phi) is 5.66. The normalized spacial score (nSPS) is 10.8. The Balaban J connectivity index is 1.46. The zero-order chi connectivity index (χ0) is 21.6. The van der Waals surface area contributed by atoms with Gasteiger partial charge < -0.3 is 9.47 Å². The Morgan fingerprint density at radius 3 is 2.09 bits per heavy atom. The highest BCUT2D eigenvalue weighted by atomic mass is 16.5. The van der Waals surface area contributed by atoms with Crippen LogP contribution in [0.5, 0.6) is 11.9 Å². The first-order valence-corrected chi connectivity index (χ1v) is 10.3. The zero-order valence-corrected chi connectivity index (χ0v) is 17.3. The second kappa shape index (κ2) is 9.22. The highest BCUT2D eigenvalue weighted by Gasteiger charge is 2.14. The molecule has 3 heterocycles. The lowest BCUT2D eigenvalue weighted by Gasteiger charge is -2.12. The van der Waals surface area contributed by atoms with Crippen molar-refractivity contribution in [2.45, 2.75) is 13.2 Å². The third-order valence-corrected chi connectivity index (χ3v) is 4.92. The molecule has 6 nitrogen and oxygen atoms in total. The molecule has 2 aromatic carbocycles. The molecule has 0 aliphatic heterocycles. The number of hydrogen-bond acceptors (Lipinski definition) is 6. The predicted octanol–water partition coefficient (Wildman–Crippen LogP) is 5.24. The summed E-state index contributed by atoms with van der Waals surface area (Å²) < 4.78 is 11.9. The van der Waals surface area contributed by atoms with Crippen molar-refractivity contribution in [2.75, 3.05) is 0 Å². The number of benzene rings is 2. The van der Waals surface area contributed by atoms with Gasteiger partial charge in [-0.15, -0.1) is 0 Å². The van der Waals surface area contributed by atoms with E-state index in [0.717, 1.165) is 33.3 Å². The van der Waals surface area contributed by atoms with E-state index in [1.807, 2.05) is 78.9 Å². The van der Waals surface area contributed by atoms with Gasteiger partial charge in [0.1, 0.15) is 13.2 Å². The van der Waals surface area contributed by atoms with Gasteiger partial charge in [-0.3, -0.25) is 9.97 Å². The fourth-order valence-electron chi connectivity index (χ4n) is 3.28. The summed E-state index contributed by atoms with van der Waals surface area (Å²) in [6, 6.07) is 25.9. The number of hydrogen-bond donors (Lipinski definition) is 0. The van der Waals surface area contributed by atoms with E-state index in [1.54, 1.807) is 18.6 Å². The molecule has 0 radical (unpaired) electrons. The van der Waals surface area contributed by atoms with Crippen LogP contribution >= 0.6 is 0 Å². The van der Waals surface area contributed by atoms with E-state index >= 15 is 0 Å². The molecule has 0 N–H and O–H groups in total. The number of nitrogens with zero attached hydrogens (tertiary/aromatic N) is 4. The van der Waals surface area contributed by atoms with Gasteiger partial charge >= 0.3 is 6.01 Å². The number of ether oxygens (including phenoxy) is 2. The molecule has 6 heteroatoms. The van der Waals surface area contributed by atoms with Crippen molar-refractivity contribution in [3.63, 3.8) is 0 Å². The van der Waals surface area contributed by atoms with Crippen LogP contribution in [0.15, 0.2) is 97.5 Å². The Bertz CT molecular complexity index is 1330. The average Bonchev–Trinajstić information content (AvgIpc) is 2.87. The number of fused-ring (bicyclic) bond motifs is 1. The largest absolute Gasteiger partial charge is 0.472 e. The fraction of sp³-hybridized carbons (Fsp3) is 0.0769. The molecule has 0 aliphatic rings. The third kappa shape index (κ3) is 4.54. The predicted molar refractivity (Wildman–Crippen MR) is 122 cm³/mol. The average molecular weight is 420 g/mol. The number of pyridine rings is 2. The van der Waals surface area contributed by atoms with E-state index in [4.69, 9.17) is 9.47 Å². The molecule has 3 aromatic heterocycles. The lowest BCUT2D eigenvalue weighted by atomic mass is 10.1. The SMILES string of the molecule is c1ccc(COc2ncc(-c3cnc4cccnc4c3)c(OCc3ccccc3)n2)cc1. The van der Waals surface area contributed by atoms with E-state index in [9.17, 15) is 0 Å². The van der Waals surface area contributed by atoms with Crippen molar-refractivity contribution < 1.29 is 9.47 Å². The van der Waals surface area contributed by atoms with Crippen LogP contribution in [0.3, 0.4) is 0 Å². The molecule has 0 saturated heterocycles. The third-order valence-electron chi connectivity index (χ3n) is 4.92. The molecule has 0 atom stereocenters. The Labute approximate surface area is 185 Å². The van der Waals surface area contributed by atoms with Gasteiger partial charge in [0, 0.05) is 24.2 Å². The number of rotatable bonds is 7. The van der Waals surface area contributed by atoms with Gasteiger partial charge in [-0.2, -0.15) is 4.98 Å². The van der Waals surface area contributed by atoms with Gasteiger partial charge in [-0.05, 0) is 29.3 Å². The zero-order valence-electron chi connectivity index (χ0n) is 17.3. The molecule has 0 fully saturated rings. The van der Waals surface area contributed by atoms with Crippen LogP contribution < -0.4 is 9.47 Å². The summed E-state index contributed by atoms with van der Waals surface area (Å²) in [5.74, 6) is 0.434. The second-order valence-corrected chi connectivity index (χ2v) is 7.19. The maximum atomic E-state index is 6.10. The molecule has 0 bridgehead atoms. The van der Waals surface area contributed by atoms with Crippen LogP contribution in [0, 0.1) is 0 Å². The Morgan fingerprint density at radius 2 is 1.34 bits per heavy atom. The van der Waals surface area contributed by atoms with Crippen LogP contribution in [-0.4, -0.2) is 19.9 Å². The molecule has 0 saturated carbocycles. The Morgan fingerprint density at radius 1 is 0.625 bits per heavy atom. The molecule has 0 spiro atoms. The first kappa shape index (κ1) is 19.6. The van der Waals surface area contributed by atoms with Crippen LogP contribution in [0.4, 0.5) is 0 Å². The highest BCUT2D eigenvalue weighted by molar-refractivity contribution is 5.81. The maximum absolute atomic E-state index is 6.10. The molecule has 5 aromatic rings. The summed E-state index contributed by atoms with van der Waals surface area (Å²) in [5, 5.41) is 0. The minimum atomic E-state index is 0.257. The van der Waals surface area contributed by atoms with Crippen molar-refractivity contribution in [2.24, 2.45) is 0 Å². The summed E-state index contributed by atoms with van der Waals surface area (Å²) in [5.41, 5.74) is 5.26. The summed E-state index contributed by atoms with van der Waals surface area (Å²) in [7, 11) is 0. The number of aromatic nitrogens is 4. The van der Waals surface area contributed by atoms with E-state index < -0.39 is 0 Å². The summed E-state index contributed by atoms with van der Waals surface area (Å²) in [6.07, 6.45) is 5.24. The quantitative estimate of drug-likeness (QED) is 0.358. The molecule has 0 aliphatic carbocycles. The topological polar surface area (TPSA) is 70.0 Å². The molecule has 156 valence electrons. The first-order chi connectivity index (χ1) is 15.8. The lowest BCUT2D eigenvalue weighted by Crippen LogP contribution is -2.04. The van der Waals surface area contributed by atoms with Crippen molar-refractivity contribution in [3.05, 3.63) is 109 Å². The van der Waals surface area contributed by atoms with Crippen molar-refractivity contribution in [1.82, 2.24) is 19.9 Å².